The van der Waals surface area contributed by atoms with Crippen molar-refractivity contribution in [3.05, 3.63) is 96.3 Å². The van der Waals surface area contributed by atoms with E-state index in [0.29, 0.717) is 41.4 Å². The van der Waals surface area contributed by atoms with Crippen molar-refractivity contribution in [1.29, 1.82) is 0 Å². The number of benzene rings is 3. The first-order chi connectivity index (χ1) is 15.4. The van der Waals surface area contributed by atoms with Gasteiger partial charge in [0.1, 0.15) is 5.78 Å². The number of sulfonamides is 1. The van der Waals surface area contributed by atoms with E-state index in [9.17, 15) is 13.2 Å². The summed E-state index contributed by atoms with van der Waals surface area (Å²) in [5.41, 5.74) is 8.80. The van der Waals surface area contributed by atoms with E-state index in [2.05, 4.69) is 9.71 Å². The lowest BCUT2D eigenvalue weighted by molar-refractivity contribution is -0.118. The number of Topliss-reactive ketones (excluding diaryl/α,β-unsaturated/α-hetero) is 1. The van der Waals surface area contributed by atoms with Crippen molar-refractivity contribution in [2.75, 3.05) is 10.5 Å². The van der Waals surface area contributed by atoms with Crippen molar-refractivity contribution in [2.24, 2.45) is 0 Å². The van der Waals surface area contributed by atoms with Crippen LogP contribution in [0.5, 0.6) is 0 Å². The first-order valence-corrected chi connectivity index (χ1v) is 11.7. The second kappa shape index (κ2) is 9.20. The van der Waals surface area contributed by atoms with Gasteiger partial charge in [0.15, 0.2) is 0 Å². The normalized spacial score (nSPS) is 11.4. The van der Waals surface area contributed by atoms with Crippen LogP contribution in [0.15, 0.2) is 90.1 Å². The van der Waals surface area contributed by atoms with Gasteiger partial charge in [0.05, 0.1) is 4.90 Å². The van der Waals surface area contributed by atoms with E-state index in [1.807, 2.05) is 18.2 Å². The Balaban J connectivity index is 1.43. The molecule has 0 fully saturated rings. The molecule has 162 valence electrons. The lowest BCUT2D eigenvalue weighted by Gasteiger charge is -2.12. The van der Waals surface area contributed by atoms with E-state index in [1.54, 1.807) is 60.9 Å². The Bertz CT molecular complexity index is 1350. The molecule has 0 saturated carbocycles. The third kappa shape index (κ3) is 4.95. The van der Waals surface area contributed by atoms with E-state index in [4.69, 9.17) is 5.73 Å². The van der Waals surface area contributed by atoms with Gasteiger partial charge in [-0.05, 0) is 47.9 Å². The predicted molar refractivity (Wildman–Crippen MR) is 127 cm³/mol. The Kier molecular flexibility index (Phi) is 6.18. The number of carbonyl (C=O) groups is 1. The Labute approximate surface area is 187 Å². The van der Waals surface area contributed by atoms with Crippen LogP contribution in [-0.4, -0.2) is 19.2 Å². The molecule has 0 aliphatic rings. The van der Waals surface area contributed by atoms with Crippen molar-refractivity contribution in [3.8, 4) is 0 Å². The van der Waals surface area contributed by atoms with Crippen molar-refractivity contribution >= 4 is 38.0 Å². The summed E-state index contributed by atoms with van der Waals surface area (Å²) >= 11 is 0. The molecular formula is C25H23N3O3S. The number of carbonyl (C=O) groups excluding carboxylic acids is 1. The van der Waals surface area contributed by atoms with E-state index in [-0.39, 0.29) is 10.7 Å². The summed E-state index contributed by atoms with van der Waals surface area (Å²) in [5, 5.41) is 1.26. The summed E-state index contributed by atoms with van der Waals surface area (Å²) in [6.45, 7) is 0. The highest BCUT2D eigenvalue weighted by molar-refractivity contribution is 7.93. The van der Waals surface area contributed by atoms with Crippen molar-refractivity contribution in [2.45, 2.75) is 24.2 Å². The zero-order valence-electron chi connectivity index (χ0n) is 17.4. The lowest BCUT2D eigenvalue weighted by atomic mass is 10.0. The van der Waals surface area contributed by atoms with Crippen LogP contribution >= 0.6 is 0 Å². The van der Waals surface area contributed by atoms with Gasteiger partial charge in [-0.1, -0.05) is 42.5 Å². The minimum absolute atomic E-state index is 0.121. The van der Waals surface area contributed by atoms with Gasteiger partial charge in [-0.3, -0.25) is 14.5 Å². The molecule has 4 rings (SSSR count). The maximum atomic E-state index is 13.0. The molecule has 32 heavy (non-hydrogen) atoms. The van der Waals surface area contributed by atoms with Crippen LogP contribution in [-0.2, 0) is 27.7 Å². The largest absolute Gasteiger partial charge is 0.398 e. The molecule has 4 aromatic rings. The summed E-state index contributed by atoms with van der Waals surface area (Å²) in [4.78, 5) is 16.5. The average Bonchev–Trinajstić information content (AvgIpc) is 2.80. The van der Waals surface area contributed by atoms with Crippen LogP contribution in [0.25, 0.3) is 10.8 Å². The molecule has 0 atom stereocenters. The number of nitrogens with zero attached hydrogens (tertiary/aromatic N) is 1. The summed E-state index contributed by atoms with van der Waals surface area (Å²) in [5.74, 6) is 0.121. The third-order valence-electron chi connectivity index (χ3n) is 5.23. The van der Waals surface area contributed by atoms with Crippen LogP contribution < -0.4 is 10.5 Å². The molecule has 6 nitrogen and oxygen atoms in total. The quantitative estimate of drug-likeness (QED) is 0.392. The van der Waals surface area contributed by atoms with E-state index in [0.717, 1.165) is 11.1 Å². The third-order valence-corrected chi connectivity index (χ3v) is 6.67. The molecule has 7 heteroatoms. The van der Waals surface area contributed by atoms with Crippen molar-refractivity contribution in [3.63, 3.8) is 0 Å². The zero-order chi connectivity index (χ0) is 22.6. The topological polar surface area (TPSA) is 102 Å². The van der Waals surface area contributed by atoms with Gasteiger partial charge >= 0.3 is 0 Å². The number of rotatable bonds is 8. The number of nitrogens with two attached hydrogens (primary N) is 1. The maximum Gasteiger partial charge on any atom is 0.262 e. The van der Waals surface area contributed by atoms with Gasteiger partial charge in [0.25, 0.3) is 10.0 Å². The highest BCUT2D eigenvalue weighted by Gasteiger charge is 2.18. The SMILES string of the molecule is Nc1ccc(S(=O)(=O)Nc2ccc(CC(=O)CCc3cccnc3)cc2)c2ccccc12. The van der Waals surface area contributed by atoms with Crippen LogP contribution in [0.3, 0.4) is 0 Å². The van der Waals surface area contributed by atoms with Crippen LogP contribution in [0.2, 0.25) is 0 Å². The Morgan fingerprint density at radius 2 is 1.62 bits per heavy atom. The van der Waals surface area contributed by atoms with Gasteiger partial charge < -0.3 is 5.73 Å². The van der Waals surface area contributed by atoms with Gasteiger partial charge in [0.2, 0.25) is 0 Å². The Morgan fingerprint density at radius 3 is 2.34 bits per heavy atom. The number of aryl methyl sites for hydroxylation is 1. The molecule has 1 aromatic heterocycles. The van der Waals surface area contributed by atoms with Gasteiger partial charge in [-0.2, -0.15) is 0 Å². The second-order valence-electron chi connectivity index (χ2n) is 7.58. The molecule has 3 N–H and O–H groups in total. The molecule has 0 saturated heterocycles. The molecule has 0 amide bonds. The maximum absolute atomic E-state index is 13.0. The van der Waals surface area contributed by atoms with Crippen LogP contribution in [0, 0.1) is 0 Å². The number of nitrogen functional groups attached to an aromatic ring is 1. The number of ketones is 1. The van der Waals surface area contributed by atoms with Gasteiger partial charge in [-0.25, -0.2) is 8.42 Å². The first-order valence-electron chi connectivity index (χ1n) is 10.2. The molecular weight excluding hydrogens is 422 g/mol. The molecule has 0 aliphatic heterocycles. The summed E-state index contributed by atoms with van der Waals surface area (Å²) in [6, 6.07) is 20.9. The van der Waals surface area contributed by atoms with Crippen molar-refractivity contribution < 1.29 is 13.2 Å². The van der Waals surface area contributed by atoms with E-state index in [1.165, 1.54) is 6.07 Å². The molecule has 1 heterocycles. The van der Waals surface area contributed by atoms with Crippen LogP contribution in [0.4, 0.5) is 11.4 Å². The number of nitrogens with one attached hydrogen (secondary N) is 1. The second-order valence-corrected chi connectivity index (χ2v) is 9.23. The smallest absolute Gasteiger partial charge is 0.262 e. The summed E-state index contributed by atoms with van der Waals surface area (Å²) < 4.78 is 28.6. The van der Waals surface area contributed by atoms with E-state index >= 15 is 0 Å². The van der Waals surface area contributed by atoms with Crippen LogP contribution in [0.1, 0.15) is 17.5 Å². The van der Waals surface area contributed by atoms with Gasteiger partial charge in [-0.15, -0.1) is 0 Å². The predicted octanol–water partition coefficient (Wildman–Crippen LogP) is 4.36. The number of pyridine rings is 1. The first kappa shape index (κ1) is 21.5. The molecule has 0 bridgehead atoms. The molecule has 0 radical (unpaired) electrons. The number of aromatic nitrogens is 1. The number of fused-ring (bicyclic) bond motifs is 1. The number of anilines is 2. The average molecular weight is 446 g/mol. The Hall–Kier alpha value is -3.71. The zero-order valence-corrected chi connectivity index (χ0v) is 18.2. The molecule has 0 spiro atoms. The fourth-order valence-corrected chi connectivity index (χ4v) is 4.85. The summed E-state index contributed by atoms with van der Waals surface area (Å²) in [7, 11) is -3.81. The molecule has 0 aliphatic carbocycles. The highest BCUT2D eigenvalue weighted by Crippen LogP contribution is 2.29. The molecule has 0 unspecified atom stereocenters. The lowest BCUT2D eigenvalue weighted by Crippen LogP contribution is -2.13. The fourth-order valence-electron chi connectivity index (χ4n) is 3.58. The van der Waals surface area contributed by atoms with Crippen molar-refractivity contribution in [1.82, 2.24) is 4.98 Å². The highest BCUT2D eigenvalue weighted by atomic mass is 32.2. The minimum Gasteiger partial charge on any atom is -0.398 e. The molecule has 3 aromatic carbocycles. The monoisotopic (exact) mass is 445 g/mol. The summed E-state index contributed by atoms with van der Waals surface area (Å²) in [6.07, 6.45) is 4.86. The number of hydrogen-bond donors (Lipinski definition) is 2. The standard InChI is InChI=1S/C25H23N3O3S/c26-24-13-14-25(23-6-2-1-5-22(23)24)32(30,31)28-20-10-7-18(8-11-20)16-21(29)12-9-19-4-3-15-27-17-19/h1-8,10-11,13-15,17,28H,9,12,16,26H2. The number of hydrogen-bond acceptors (Lipinski definition) is 5. The minimum atomic E-state index is -3.81. The fraction of sp³-hybridized carbons (Fsp3) is 0.120. The van der Waals surface area contributed by atoms with E-state index < -0.39 is 10.0 Å². The Morgan fingerprint density at radius 1 is 0.875 bits per heavy atom. The van der Waals surface area contributed by atoms with Gasteiger partial charge in [0, 0.05) is 47.4 Å².